The van der Waals surface area contributed by atoms with E-state index in [1.165, 1.54) is 4.88 Å². The van der Waals surface area contributed by atoms with Gasteiger partial charge >= 0.3 is 0 Å². The maximum absolute atomic E-state index is 4.27. The Balaban J connectivity index is 0.00000400. The van der Waals surface area contributed by atoms with Gasteiger partial charge in [0.15, 0.2) is 5.96 Å². The molecule has 0 atom stereocenters. The zero-order valence-corrected chi connectivity index (χ0v) is 16.9. The first-order valence-corrected chi connectivity index (χ1v) is 7.92. The minimum absolute atomic E-state index is 0. The van der Waals surface area contributed by atoms with Gasteiger partial charge in [-0.2, -0.15) is 0 Å². The van der Waals surface area contributed by atoms with E-state index in [-0.39, 0.29) is 29.4 Å². The summed E-state index contributed by atoms with van der Waals surface area (Å²) in [4.78, 5) is 7.89. The van der Waals surface area contributed by atoms with Crippen LogP contribution in [0, 0.1) is 5.41 Å². The van der Waals surface area contributed by atoms with E-state index in [0.29, 0.717) is 0 Å². The molecule has 0 aliphatic carbocycles. The fourth-order valence-electron chi connectivity index (χ4n) is 2.21. The highest BCUT2D eigenvalue weighted by Crippen LogP contribution is 2.14. The van der Waals surface area contributed by atoms with Crippen LogP contribution in [0.5, 0.6) is 0 Å². The van der Waals surface area contributed by atoms with Crippen LogP contribution in [-0.2, 0) is 6.42 Å². The average Bonchev–Trinajstić information content (AvgIpc) is 2.85. The lowest BCUT2D eigenvalue weighted by molar-refractivity contribution is 0.241. The summed E-state index contributed by atoms with van der Waals surface area (Å²) in [5.74, 6) is 0.883. The predicted molar refractivity (Wildman–Crippen MR) is 105 cm³/mol. The van der Waals surface area contributed by atoms with Gasteiger partial charge in [-0.25, -0.2) is 0 Å². The lowest BCUT2D eigenvalue weighted by atomic mass is 9.93. The molecule has 1 aromatic rings. The van der Waals surface area contributed by atoms with E-state index in [0.717, 1.165) is 32.0 Å². The number of nitrogens with one attached hydrogen (secondary N) is 2. The molecule has 0 radical (unpaired) electrons. The zero-order valence-electron chi connectivity index (χ0n) is 13.8. The van der Waals surface area contributed by atoms with Gasteiger partial charge in [0.2, 0.25) is 0 Å². The van der Waals surface area contributed by atoms with Gasteiger partial charge < -0.3 is 15.5 Å². The molecule has 0 fully saturated rings. The summed E-state index contributed by atoms with van der Waals surface area (Å²) in [6, 6.07) is 4.26. The Labute approximate surface area is 150 Å². The molecule has 0 spiro atoms. The van der Waals surface area contributed by atoms with Crippen molar-refractivity contribution in [2.45, 2.75) is 20.3 Å². The van der Waals surface area contributed by atoms with Gasteiger partial charge in [-0.05, 0) is 37.4 Å². The van der Waals surface area contributed by atoms with Crippen molar-refractivity contribution in [3.63, 3.8) is 0 Å². The second-order valence-corrected chi connectivity index (χ2v) is 7.12. The van der Waals surface area contributed by atoms with Crippen LogP contribution < -0.4 is 10.6 Å². The minimum Gasteiger partial charge on any atom is -0.356 e. The highest BCUT2D eigenvalue weighted by molar-refractivity contribution is 14.0. The summed E-state index contributed by atoms with van der Waals surface area (Å²) < 4.78 is 0. The molecule has 0 amide bonds. The summed E-state index contributed by atoms with van der Waals surface area (Å²) in [6.45, 7) is 7.39. The maximum Gasteiger partial charge on any atom is 0.191 e. The third-order valence-corrected chi connectivity index (χ3v) is 3.88. The van der Waals surface area contributed by atoms with E-state index in [4.69, 9.17) is 0 Å². The van der Waals surface area contributed by atoms with Gasteiger partial charge in [0.05, 0.1) is 0 Å². The number of hydrogen-bond acceptors (Lipinski definition) is 3. The number of nitrogens with zero attached hydrogens (tertiary/aromatic N) is 2. The molecule has 21 heavy (non-hydrogen) atoms. The summed E-state index contributed by atoms with van der Waals surface area (Å²) in [6.07, 6.45) is 1.04. The van der Waals surface area contributed by atoms with Gasteiger partial charge in [-0.3, -0.25) is 4.99 Å². The van der Waals surface area contributed by atoms with Crippen LogP contribution in [0.3, 0.4) is 0 Å². The normalized spacial score (nSPS) is 12.2. The number of hydrogen-bond donors (Lipinski definition) is 2. The third-order valence-electron chi connectivity index (χ3n) is 2.95. The molecular weight excluding hydrogens is 395 g/mol. The number of rotatable bonds is 7. The van der Waals surface area contributed by atoms with Gasteiger partial charge in [0.25, 0.3) is 0 Å². The lowest BCUT2D eigenvalue weighted by Gasteiger charge is -2.29. The van der Waals surface area contributed by atoms with E-state index >= 15 is 0 Å². The molecule has 0 saturated carbocycles. The Hall–Kier alpha value is -0.340. The van der Waals surface area contributed by atoms with Crippen LogP contribution in [0.25, 0.3) is 0 Å². The Morgan fingerprint density at radius 1 is 1.33 bits per heavy atom. The van der Waals surface area contributed by atoms with Crippen molar-refractivity contribution in [1.29, 1.82) is 0 Å². The average molecular weight is 424 g/mol. The van der Waals surface area contributed by atoms with Crippen LogP contribution in [0.4, 0.5) is 0 Å². The van der Waals surface area contributed by atoms with E-state index in [2.05, 4.69) is 66.0 Å². The number of thiophene rings is 1. The Kier molecular flexibility index (Phi) is 10.2. The van der Waals surface area contributed by atoms with Gasteiger partial charge in [0.1, 0.15) is 0 Å². The van der Waals surface area contributed by atoms with Gasteiger partial charge in [-0.1, -0.05) is 19.9 Å². The van der Waals surface area contributed by atoms with Crippen LogP contribution in [0.2, 0.25) is 0 Å². The quantitative estimate of drug-likeness (QED) is 0.402. The molecule has 1 heterocycles. The molecule has 0 bridgehead atoms. The molecule has 6 heteroatoms. The smallest absolute Gasteiger partial charge is 0.191 e. The molecular formula is C15H29IN4S. The topological polar surface area (TPSA) is 39.7 Å². The maximum atomic E-state index is 4.27. The SMILES string of the molecule is CN=C(NCCc1cccs1)NCC(C)(C)CN(C)C.I. The monoisotopic (exact) mass is 424 g/mol. The lowest BCUT2D eigenvalue weighted by Crippen LogP contribution is -2.45. The first-order valence-electron chi connectivity index (χ1n) is 7.04. The molecule has 0 unspecified atom stereocenters. The van der Waals surface area contributed by atoms with Crippen molar-refractivity contribution >= 4 is 41.3 Å². The van der Waals surface area contributed by atoms with Crippen molar-refractivity contribution in [2.75, 3.05) is 40.8 Å². The third kappa shape index (κ3) is 9.31. The largest absolute Gasteiger partial charge is 0.356 e. The highest BCUT2D eigenvalue weighted by atomic mass is 127. The van der Waals surface area contributed by atoms with Crippen LogP contribution in [0.1, 0.15) is 18.7 Å². The van der Waals surface area contributed by atoms with E-state index < -0.39 is 0 Å². The van der Waals surface area contributed by atoms with Crippen LogP contribution in [0.15, 0.2) is 22.5 Å². The van der Waals surface area contributed by atoms with E-state index in [1.807, 2.05) is 7.05 Å². The number of aliphatic imine (C=N–C) groups is 1. The fraction of sp³-hybridized carbons (Fsp3) is 0.667. The van der Waals surface area contributed by atoms with Crippen molar-refractivity contribution in [1.82, 2.24) is 15.5 Å². The Morgan fingerprint density at radius 3 is 2.57 bits per heavy atom. The second kappa shape index (κ2) is 10.4. The molecule has 0 saturated heterocycles. The first kappa shape index (κ1) is 20.7. The van der Waals surface area contributed by atoms with Gasteiger partial charge in [0, 0.05) is 31.6 Å². The molecule has 122 valence electrons. The Morgan fingerprint density at radius 2 is 2.05 bits per heavy atom. The second-order valence-electron chi connectivity index (χ2n) is 6.08. The number of guanidine groups is 1. The van der Waals surface area contributed by atoms with Crippen LogP contribution in [-0.4, -0.2) is 51.6 Å². The molecule has 0 aliphatic heterocycles. The Bertz CT molecular complexity index is 402. The standard InChI is InChI=1S/C15H28N4S.HI/c1-15(2,12-19(4)5)11-18-14(16-3)17-9-8-13-7-6-10-20-13;/h6-7,10H,8-9,11-12H2,1-5H3,(H2,16,17,18);1H. The van der Waals surface area contributed by atoms with Crippen molar-refractivity contribution < 1.29 is 0 Å². The summed E-state index contributed by atoms with van der Waals surface area (Å²) in [5.41, 5.74) is 0.217. The number of halogens is 1. The van der Waals surface area contributed by atoms with E-state index in [1.54, 1.807) is 11.3 Å². The van der Waals surface area contributed by atoms with E-state index in [9.17, 15) is 0 Å². The molecule has 1 aromatic heterocycles. The van der Waals surface area contributed by atoms with Crippen LogP contribution >= 0.6 is 35.3 Å². The molecule has 2 N–H and O–H groups in total. The molecule has 4 nitrogen and oxygen atoms in total. The predicted octanol–water partition coefficient (Wildman–Crippen LogP) is 2.66. The fourth-order valence-corrected chi connectivity index (χ4v) is 2.92. The molecule has 0 aromatic carbocycles. The van der Waals surface area contributed by atoms with Gasteiger partial charge in [-0.15, -0.1) is 35.3 Å². The van der Waals surface area contributed by atoms with Crippen molar-refractivity contribution in [3.05, 3.63) is 22.4 Å². The summed E-state index contributed by atoms with van der Waals surface area (Å²) in [7, 11) is 6.03. The minimum atomic E-state index is 0. The first-order chi connectivity index (χ1) is 9.43. The molecule has 1 rings (SSSR count). The summed E-state index contributed by atoms with van der Waals surface area (Å²) >= 11 is 1.80. The molecule has 0 aliphatic rings. The van der Waals surface area contributed by atoms with Crippen molar-refractivity contribution in [3.8, 4) is 0 Å². The zero-order chi connectivity index (χ0) is 15.0. The van der Waals surface area contributed by atoms with Crippen molar-refractivity contribution in [2.24, 2.45) is 10.4 Å². The summed E-state index contributed by atoms with van der Waals surface area (Å²) in [5, 5.41) is 8.89. The highest BCUT2D eigenvalue weighted by Gasteiger charge is 2.19.